The summed E-state index contributed by atoms with van der Waals surface area (Å²) in [6.45, 7) is 3.53. The lowest BCUT2D eigenvalue weighted by atomic mass is 10.0. The van der Waals surface area contributed by atoms with Crippen molar-refractivity contribution < 1.29 is 23.9 Å². The van der Waals surface area contributed by atoms with E-state index in [1.165, 1.54) is 13.2 Å². The predicted octanol–water partition coefficient (Wildman–Crippen LogP) is 0.868. The number of hydrogen-bond acceptors (Lipinski definition) is 5. The van der Waals surface area contributed by atoms with E-state index in [1.807, 2.05) is 13.8 Å². The molecule has 23 heavy (non-hydrogen) atoms. The molecule has 0 aliphatic heterocycles. The lowest BCUT2D eigenvalue weighted by Gasteiger charge is -2.18. The topological polar surface area (TPSA) is 108 Å². The highest BCUT2D eigenvalue weighted by molar-refractivity contribution is 5.95. The van der Waals surface area contributed by atoms with E-state index in [1.54, 1.807) is 18.2 Å². The Kier molecular flexibility index (Phi) is 7.05. The third-order valence-corrected chi connectivity index (χ3v) is 3.04. The van der Waals surface area contributed by atoms with Crippen LogP contribution in [0.1, 0.15) is 30.6 Å². The molecule has 3 N–H and O–H groups in total. The summed E-state index contributed by atoms with van der Waals surface area (Å²) in [5.41, 5.74) is 5.42. The second kappa shape index (κ2) is 8.77. The standard InChI is InChI=1S/C16H22N2O5/c1-10(2)8-12(16(21)22-3)18-14(19)9-23-13-7-5-4-6-11(13)15(17)20/h4-7,10,12H,8-9H2,1-3H3,(H2,17,20)(H,18,19)/t12-/m1/s1. The summed E-state index contributed by atoms with van der Waals surface area (Å²) >= 11 is 0. The average molecular weight is 322 g/mol. The van der Waals surface area contributed by atoms with Crippen LogP contribution in [0, 0.1) is 5.92 Å². The molecule has 7 nitrogen and oxygen atoms in total. The number of amides is 2. The molecule has 2 amide bonds. The fourth-order valence-corrected chi connectivity index (χ4v) is 2.00. The summed E-state index contributed by atoms with van der Waals surface area (Å²) in [4.78, 5) is 34.9. The Labute approximate surface area is 135 Å². The van der Waals surface area contributed by atoms with Crippen molar-refractivity contribution in [3.63, 3.8) is 0 Å². The van der Waals surface area contributed by atoms with Gasteiger partial charge in [-0.05, 0) is 24.5 Å². The quantitative estimate of drug-likeness (QED) is 0.690. The first-order valence-electron chi connectivity index (χ1n) is 7.24. The van der Waals surface area contributed by atoms with Gasteiger partial charge in [0.25, 0.3) is 11.8 Å². The second-order valence-corrected chi connectivity index (χ2v) is 5.42. The van der Waals surface area contributed by atoms with Gasteiger partial charge in [0.2, 0.25) is 0 Å². The van der Waals surface area contributed by atoms with Crippen molar-refractivity contribution in [2.75, 3.05) is 13.7 Å². The minimum absolute atomic E-state index is 0.187. The number of primary amides is 1. The maximum atomic E-state index is 11.9. The van der Waals surface area contributed by atoms with Crippen LogP contribution in [0.25, 0.3) is 0 Å². The van der Waals surface area contributed by atoms with Crippen molar-refractivity contribution in [2.45, 2.75) is 26.3 Å². The highest BCUT2D eigenvalue weighted by atomic mass is 16.5. The van der Waals surface area contributed by atoms with E-state index in [9.17, 15) is 14.4 Å². The lowest BCUT2D eigenvalue weighted by molar-refractivity contribution is -0.145. The van der Waals surface area contributed by atoms with Crippen LogP contribution in [0.15, 0.2) is 24.3 Å². The van der Waals surface area contributed by atoms with Crippen LogP contribution >= 0.6 is 0 Å². The van der Waals surface area contributed by atoms with Gasteiger partial charge in [-0.15, -0.1) is 0 Å². The van der Waals surface area contributed by atoms with Crippen LogP contribution in [-0.2, 0) is 14.3 Å². The third kappa shape index (κ3) is 5.98. The normalized spacial score (nSPS) is 11.7. The second-order valence-electron chi connectivity index (χ2n) is 5.42. The monoisotopic (exact) mass is 322 g/mol. The van der Waals surface area contributed by atoms with Gasteiger partial charge in [-0.1, -0.05) is 26.0 Å². The van der Waals surface area contributed by atoms with Crippen LogP contribution in [-0.4, -0.2) is 37.5 Å². The Hall–Kier alpha value is -2.57. The molecule has 0 bridgehead atoms. The Morgan fingerprint density at radius 1 is 1.22 bits per heavy atom. The van der Waals surface area contributed by atoms with Gasteiger partial charge < -0.3 is 20.5 Å². The summed E-state index contributed by atoms with van der Waals surface area (Å²) in [5, 5.41) is 2.56. The molecule has 126 valence electrons. The van der Waals surface area contributed by atoms with Crippen molar-refractivity contribution in [3.8, 4) is 5.75 Å². The minimum atomic E-state index is -0.734. The average Bonchev–Trinajstić information content (AvgIpc) is 2.51. The van der Waals surface area contributed by atoms with Crippen LogP contribution in [0.2, 0.25) is 0 Å². The Morgan fingerprint density at radius 2 is 1.87 bits per heavy atom. The summed E-state index contributed by atoms with van der Waals surface area (Å²) in [5.74, 6) is -1.22. The Bertz CT molecular complexity index is 571. The number of carbonyl (C=O) groups excluding carboxylic acids is 3. The zero-order valence-electron chi connectivity index (χ0n) is 13.5. The van der Waals surface area contributed by atoms with E-state index in [0.29, 0.717) is 6.42 Å². The first kappa shape index (κ1) is 18.5. The fourth-order valence-electron chi connectivity index (χ4n) is 2.00. The summed E-state index contributed by atoms with van der Waals surface area (Å²) in [6, 6.07) is 5.62. The molecule has 0 aliphatic carbocycles. The number of nitrogens with two attached hydrogens (primary N) is 1. The molecule has 0 aromatic heterocycles. The first-order valence-corrected chi connectivity index (χ1v) is 7.24. The maximum absolute atomic E-state index is 11.9. The summed E-state index contributed by atoms with van der Waals surface area (Å²) in [7, 11) is 1.27. The molecule has 0 fully saturated rings. The van der Waals surface area contributed by atoms with Crippen LogP contribution < -0.4 is 15.8 Å². The number of rotatable bonds is 8. The number of esters is 1. The molecular formula is C16H22N2O5. The fraction of sp³-hybridized carbons (Fsp3) is 0.438. The molecule has 1 atom stereocenters. The lowest BCUT2D eigenvalue weighted by Crippen LogP contribution is -2.44. The first-order chi connectivity index (χ1) is 10.8. The van der Waals surface area contributed by atoms with Crippen molar-refractivity contribution in [2.24, 2.45) is 11.7 Å². The van der Waals surface area contributed by atoms with Crippen LogP contribution in [0.4, 0.5) is 0 Å². The SMILES string of the molecule is COC(=O)[C@@H](CC(C)C)NC(=O)COc1ccccc1C(N)=O. The molecule has 0 radical (unpaired) electrons. The van der Waals surface area contributed by atoms with E-state index >= 15 is 0 Å². The molecule has 0 heterocycles. The molecule has 7 heteroatoms. The number of para-hydroxylation sites is 1. The largest absolute Gasteiger partial charge is 0.483 e. The molecule has 0 saturated carbocycles. The van der Waals surface area contributed by atoms with E-state index in [0.717, 1.165) is 0 Å². The molecule has 1 aromatic rings. The van der Waals surface area contributed by atoms with Crippen LogP contribution in [0.5, 0.6) is 5.75 Å². The van der Waals surface area contributed by atoms with Crippen LogP contribution in [0.3, 0.4) is 0 Å². The Balaban J connectivity index is 2.65. The highest BCUT2D eigenvalue weighted by Gasteiger charge is 2.23. The molecule has 0 unspecified atom stereocenters. The van der Waals surface area contributed by atoms with Gasteiger partial charge in [0, 0.05) is 0 Å². The number of nitrogens with one attached hydrogen (secondary N) is 1. The molecule has 1 rings (SSSR count). The maximum Gasteiger partial charge on any atom is 0.328 e. The van der Waals surface area contributed by atoms with E-state index < -0.39 is 23.8 Å². The summed E-state index contributed by atoms with van der Waals surface area (Å²) in [6.07, 6.45) is 0.455. The molecule has 0 aliphatic rings. The zero-order valence-corrected chi connectivity index (χ0v) is 13.5. The molecule has 0 saturated heterocycles. The number of ether oxygens (including phenoxy) is 2. The van der Waals surface area contributed by atoms with Gasteiger partial charge in [0.15, 0.2) is 6.61 Å². The molecular weight excluding hydrogens is 300 g/mol. The van der Waals surface area contributed by atoms with Crippen molar-refractivity contribution >= 4 is 17.8 Å². The van der Waals surface area contributed by atoms with Gasteiger partial charge in [-0.25, -0.2) is 4.79 Å². The van der Waals surface area contributed by atoms with Crippen molar-refractivity contribution in [1.82, 2.24) is 5.32 Å². The number of benzene rings is 1. The minimum Gasteiger partial charge on any atom is -0.483 e. The highest BCUT2D eigenvalue weighted by Crippen LogP contribution is 2.17. The number of carbonyl (C=O) groups is 3. The Morgan fingerprint density at radius 3 is 2.43 bits per heavy atom. The van der Waals surface area contributed by atoms with Gasteiger partial charge in [-0.3, -0.25) is 9.59 Å². The van der Waals surface area contributed by atoms with E-state index in [2.05, 4.69) is 10.1 Å². The smallest absolute Gasteiger partial charge is 0.328 e. The molecule has 1 aromatic carbocycles. The third-order valence-electron chi connectivity index (χ3n) is 3.04. The van der Waals surface area contributed by atoms with Crippen molar-refractivity contribution in [3.05, 3.63) is 29.8 Å². The van der Waals surface area contributed by atoms with Gasteiger partial charge in [-0.2, -0.15) is 0 Å². The van der Waals surface area contributed by atoms with E-state index in [4.69, 9.17) is 10.5 Å². The van der Waals surface area contributed by atoms with Crippen molar-refractivity contribution in [1.29, 1.82) is 0 Å². The van der Waals surface area contributed by atoms with Gasteiger partial charge in [0.05, 0.1) is 12.7 Å². The van der Waals surface area contributed by atoms with E-state index in [-0.39, 0.29) is 23.8 Å². The predicted molar refractivity (Wildman–Crippen MR) is 83.9 cm³/mol. The molecule has 0 spiro atoms. The van der Waals surface area contributed by atoms with Gasteiger partial charge in [0.1, 0.15) is 11.8 Å². The number of methoxy groups -OCH3 is 1. The van der Waals surface area contributed by atoms with Gasteiger partial charge >= 0.3 is 5.97 Å². The number of hydrogen-bond donors (Lipinski definition) is 2. The summed E-state index contributed by atoms with van der Waals surface area (Å²) < 4.78 is 9.99. The zero-order chi connectivity index (χ0) is 17.4.